The molecule has 0 aliphatic carbocycles. The van der Waals surface area contributed by atoms with Crippen LogP contribution in [0.1, 0.15) is 18.4 Å². The summed E-state index contributed by atoms with van der Waals surface area (Å²) in [5.74, 6) is -0.613. The summed E-state index contributed by atoms with van der Waals surface area (Å²) < 4.78 is 36.2. The fourth-order valence-electron chi connectivity index (χ4n) is 2.14. The third kappa shape index (κ3) is 5.16. The normalized spacial score (nSPS) is 16.6. The molecule has 0 aromatic heterocycles. The molecule has 1 fully saturated rings. The van der Waals surface area contributed by atoms with Gasteiger partial charge in [0.25, 0.3) is 0 Å². The Labute approximate surface area is 118 Å². The Balaban J connectivity index is 1.71. The molecule has 1 aromatic rings. The molecule has 20 heavy (non-hydrogen) atoms. The maximum Gasteiger partial charge on any atom is 0.237 e. The van der Waals surface area contributed by atoms with Gasteiger partial charge < -0.3 is 4.90 Å². The molecular formula is C13H19FN2O3S. The summed E-state index contributed by atoms with van der Waals surface area (Å²) >= 11 is 0. The Morgan fingerprint density at radius 2 is 1.85 bits per heavy atom. The van der Waals surface area contributed by atoms with Crippen molar-refractivity contribution in [1.82, 2.24) is 9.79 Å². The number of benzene rings is 1. The predicted molar refractivity (Wildman–Crippen MR) is 73.8 cm³/mol. The van der Waals surface area contributed by atoms with Crippen LogP contribution in [0.15, 0.2) is 24.3 Å². The van der Waals surface area contributed by atoms with Crippen LogP contribution in [0.5, 0.6) is 0 Å². The topological polar surface area (TPSA) is 58.6 Å². The average molecular weight is 302 g/mol. The minimum atomic E-state index is -3.56. The van der Waals surface area contributed by atoms with E-state index >= 15 is 0 Å². The van der Waals surface area contributed by atoms with Gasteiger partial charge in [-0.3, -0.25) is 4.84 Å². The first-order valence-corrected chi connectivity index (χ1v) is 8.28. The number of hydrogen-bond acceptors (Lipinski definition) is 4. The number of likely N-dealkylation sites (tertiary alicyclic amines) is 1. The molecule has 7 heteroatoms. The Morgan fingerprint density at radius 3 is 2.50 bits per heavy atom. The van der Waals surface area contributed by atoms with E-state index in [1.165, 1.54) is 37.1 Å². The molecule has 5 nitrogen and oxygen atoms in total. The van der Waals surface area contributed by atoms with Gasteiger partial charge >= 0.3 is 0 Å². The molecule has 1 aliphatic heterocycles. The van der Waals surface area contributed by atoms with Gasteiger partial charge in [0.1, 0.15) is 5.82 Å². The number of sulfonamides is 1. The Hall–Kier alpha value is -1.02. The highest BCUT2D eigenvalue weighted by molar-refractivity contribution is 7.88. The average Bonchev–Trinajstić information content (AvgIpc) is 2.90. The molecule has 1 aliphatic rings. The van der Waals surface area contributed by atoms with E-state index in [2.05, 4.69) is 9.79 Å². The van der Waals surface area contributed by atoms with Crippen molar-refractivity contribution in [3.05, 3.63) is 35.6 Å². The summed E-state index contributed by atoms with van der Waals surface area (Å²) in [6, 6.07) is 5.36. The van der Waals surface area contributed by atoms with Crippen LogP contribution in [0.25, 0.3) is 0 Å². The van der Waals surface area contributed by atoms with E-state index < -0.39 is 10.0 Å². The van der Waals surface area contributed by atoms with Gasteiger partial charge in [0, 0.05) is 6.54 Å². The minimum absolute atomic E-state index is 0.225. The van der Waals surface area contributed by atoms with E-state index in [1.54, 1.807) is 0 Å². The lowest BCUT2D eigenvalue weighted by Gasteiger charge is -2.14. The maximum absolute atomic E-state index is 12.7. The Bertz CT molecular complexity index is 513. The molecule has 1 N–H and O–H groups in total. The van der Waals surface area contributed by atoms with Gasteiger partial charge in [0.2, 0.25) is 10.0 Å². The zero-order valence-electron chi connectivity index (χ0n) is 11.2. The minimum Gasteiger partial charge on any atom is -0.301 e. The Morgan fingerprint density at radius 1 is 1.20 bits per heavy atom. The van der Waals surface area contributed by atoms with Crippen LogP contribution in [0.4, 0.5) is 4.39 Å². The van der Waals surface area contributed by atoms with Crippen molar-refractivity contribution in [3.63, 3.8) is 0 Å². The predicted octanol–water partition coefficient (Wildman–Crippen LogP) is 1.27. The van der Waals surface area contributed by atoms with Gasteiger partial charge in [-0.15, -0.1) is 0 Å². The van der Waals surface area contributed by atoms with E-state index in [1.807, 2.05) is 0 Å². The van der Waals surface area contributed by atoms with E-state index in [9.17, 15) is 12.8 Å². The molecule has 2 rings (SSSR count). The van der Waals surface area contributed by atoms with Crippen LogP contribution >= 0.6 is 0 Å². The van der Waals surface area contributed by atoms with E-state index in [0.29, 0.717) is 12.2 Å². The van der Waals surface area contributed by atoms with Crippen molar-refractivity contribution in [2.24, 2.45) is 0 Å². The van der Waals surface area contributed by atoms with Crippen LogP contribution in [0.3, 0.4) is 0 Å². The van der Waals surface area contributed by atoms with Crippen molar-refractivity contribution < 1.29 is 17.6 Å². The van der Waals surface area contributed by atoms with Crippen molar-refractivity contribution in [3.8, 4) is 0 Å². The first-order chi connectivity index (χ1) is 9.55. The monoisotopic (exact) mass is 302 g/mol. The summed E-state index contributed by atoms with van der Waals surface area (Å²) in [6.07, 6.45) is 2.38. The van der Waals surface area contributed by atoms with Crippen LogP contribution in [-0.4, -0.2) is 39.6 Å². The maximum atomic E-state index is 12.7. The molecule has 1 aromatic carbocycles. The first-order valence-electron chi connectivity index (χ1n) is 6.63. The molecule has 0 unspecified atom stereocenters. The largest absolute Gasteiger partial charge is 0.301 e. The van der Waals surface area contributed by atoms with Crippen LogP contribution in [0.2, 0.25) is 0 Å². The summed E-state index contributed by atoms with van der Waals surface area (Å²) in [5, 5.41) is 0. The third-order valence-electron chi connectivity index (χ3n) is 3.16. The molecule has 0 amide bonds. The highest BCUT2D eigenvalue weighted by Gasteiger charge is 2.13. The first kappa shape index (κ1) is 15.4. The van der Waals surface area contributed by atoms with Gasteiger partial charge in [0.05, 0.1) is 12.4 Å². The van der Waals surface area contributed by atoms with Crippen LogP contribution in [0, 0.1) is 5.82 Å². The Kier molecular flexibility index (Phi) is 5.47. The van der Waals surface area contributed by atoms with Gasteiger partial charge in [-0.25, -0.2) is 12.8 Å². The second kappa shape index (κ2) is 7.12. The van der Waals surface area contributed by atoms with Crippen molar-refractivity contribution in [2.45, 2.75) is 18.6 Å². The lowest BCUT2D eigenvalue weighted by atomic mass is 10.2. The number of rotatable bonds is 7. The van der Waals surface area contributed by atoms with Crippen molar-refractivity contribution >= 4 is 10.0 Å². The molecule has 1 saturated heterocycles. The van der Waals surface area contributed by atoms with Crippen LogP contribution in [-0.2, 0) is 20.6 Å². The standard InChI is InChI=1S/C13H19FN2O3S/c14-13-5-3-12(4-6-13)11-20(17,18)15-19-10-9-16-7-1-2-8-16/h3-6,15H,1-2,7-11H2. The summed E-state index contributed by atoms with van der Waals surface area (Å²) in [6.45, 7) is 3.14. The van der Waals surface area contributed by atoms with Gasteiger partial charge in [-0.05, 0) is 43.6 Å². The van der Waals surface area contributed by atoms with Crippen molar-refractivity contribution in [2.75, 3.05) is 26.2 Å². The molecule has 0 radical (unpaired) electrons. The third-order valence-corrected chi connectivity index (χ3v) is 4.25. The summed E-state index contributed by atoms with van der Waals surface area (Å²) in [4.78, 5) is 9.33. The molecule has 112 valence electrons. The number of nitrogens with zero attached hydrogens (tertiary/aromatic N) is 1. The molecule has 0 spiro atoms. The number of nitrogens with one attached hydrogen (secondary N) is 1. The summed E-state index contributed by atoms with van der Waals surface area (Å²) in [7, 11) is -3.56. The van der Waals surface area contributed by atoms with Gasteiger partial charge in [0.15, 0.2) is 0 Å². The van der Waals surface area contributed by atoms with E-state index in [-0.39, 0.29) is 11.6 Å². The highest BCUT2D eigenvalue weighted by Crippen LogP contribution is 2.07. The van der Waals surface area contributed by atoms with Crippen molar-refractivity contribution in [1.29, 1.82) is 0 Å². The summed E-state index contributed by atoms with van der Waals surface area (Å²) in [5.41, 5.74) is 0.516. The zero-order chi connectivity index (χ0) is 14.4. The lowest BCUT2D eigenvalue weighted by Crippen LogP contribution is -2.30. The molecule has 1 heterocycles. The molecule has 0 atom stereocenters. The van der Waals surface area contributed by atoms with Gasteiger partial charge in [-0.2, -0.15) is 0 Å². The van der Waals surface area contributed by atoms with E-state index in [0.717, 1.165) is 19.6 Å². The van der Waals surface area contributed by atoms with Gasteiger partial charge in [-0.1, -0.05) is 17.0 Å². The smallest absolute Gasteiger partial charge is 0.237 e. The fourth-order valence-corrected chi connectivity index (χ4v) is 3.10. The molecule has 0 saturated carbocycles. The zero-order valence-corrected chi connectivity index (χ0v) is 12.0. The molecular weight excluding hydrogens is 283 g/mol. The second-order valence-electron chi connectivity index (χ2n) is 4.87. The SMILES string of the molecule is O=S(=O)(Cc1ccc(F)cc1)NOCCN1CCCC1. The molecule has 0 bridgehead atoms. The fraction of sp³-hybridized carbons (Fsp3) is 0.538. The highest BCUT2D eigenvalue weighted by atomic mass is 32.2. The van der Waals surface area contributed by atoms with Crippen LogP contribution < -0.4 is 4.89 Å². The number of hydrogen-bond donors (Lipinski definition) is 1. The second-order valence-corrected chi connectivity index (χ2v) is 6.55. The lowest BCUT2D eigenvalue weighted by molar-refractivity contribution is 0.0755. The number of halogens is 1. The quantitative estimate of drug-likeness (QED) is 0.609. The van der Waals surface area contributed by atoms with E-state index in [4.69, 9.17) is 4.84 Å².